The van der Waals surface area contributed by atoms with Crippen LogP contribution in [0.5, 0.6) is 17.2 Å². The lowest BCUT2D eigenvalue weighted by atomic mass is 10.0. The van der Waals surface area contributed by atoms with Crippen molar-refractivity contribution in [2.45, 2.75) is 6.42 Å². The molecular weight excluding hydrogens is 420 g/mol. The zero-order valence-corrected chi connectivity index (χ0v) is 19.2. The van der Waals surface area contributed by atoms with Gasteiger partial charge in [0.05, 0.1) is 21.3 Å². The molecule has 4 rings (SSSR count). The number of carbonyl (C=O) groups excluding carboxylic acids is 2. The fourth-order valence-electron chi connectivity index (χ4n) is 4.29. The number of nitrogens with zero attached hydrogens (tertiary/aromatic N) is 2. The monoisotopic (exact) mass is 448 g/mol. The maximum Gasteiger partial charge on any atom is 0.254 e. The van der Waals surface area contributed by atoms with Crippen LogP contribution in [-0.4, -0.2) is 69.1 Å². The van der Waals surface area contributed by atoms with Gasteiger partial charge in [-0.05, 0) is 35.4 Å². The lowest BCUT2D eigenvalue weighted by molar-refractivity contribution is 0.0719. The van der Waals surface area contributed by atoms with Gasteiger partial charge in [0.25, 0.3) is 11.8 Å². The van der Waals surface area contributed by atoms with Gasteiger partial charge in [0, 0.05) is 37.3 Å². The van der Waals surface area contributed by atoms with Gasteiger partial charge in [0.2, 0.25) is 5.75 Å². The van der Waals surface area contributed by atoms with Crippen LogP contribution in [0.1, 0.15) is 27.1 Å². The molecule has 172 valence electrons. The largest absolute Gasteiger partial charge is 0.493 e. The lowest BCUT2D eigenvalue weighted by Gasteiger charge is -2.23. The first-order chi connectivity index (χ1) is 16.1. The molecule has 7 nitrogen and oxygen atoms in total. The highest BCUT2D eigenvalue weighted by atomic mass is 16.5. The van der Waals surface area contributed by atoms with E-state index < -0.39 is 0 Å². The highest BCUT2D eigenvalue weighted by Gasteiger charge is 2.26. The minimum Gasteiger partial charge on any atom is -0.493 e. The van der Waals surface area contributed by atoms with Crippen LogP contribution in [0, 0.1) is 0 Å². The fraction of sp³-hybridized carbons (Fsp3) is 0.308. The van der Waals surface area contributed by atoms with E-state index in [1.807, 2.05) is 47.4 Å². The summed E-state index contributed by atoms with van der Waals surface area (Å²) >= 11 is 0. The molecule has 0 saturated carbocycles. The summed E-state index contributed by atoms with van der Waals surface area (Å²) in [5, 5.41) is 1.98. The highest BCUT2D eigenvalue weighted by molar-refractivity contribution is 6.07. The average molecular weight is 449 g/mol. The number of benzene rings is 3. The summed E-state index contributed by atoms with van der Waals surface area (Å²) in [6, 6.07) is 17.0. The Labute approximate surface area is 193 Å². The van der Waals surface area contributed by atoms with E-state index in [0.717, 1.165) is 10.8 Å². The van der Waals surface area contributed by atoms with Crippen molar-refractivity contribution in [1.29, 1.82) is 0 Å². The van der Waals surface area contributed by atoms with E-state index in [1.165, 1.54) is 21.3 Å². The first kappa shape index (κ1) is 22.5. The second kappa shape index (κ2) is 9.81. The number of methoxy groups -OCH3 is 3. The van der Waals surface area contributed by atoms with Crippen LogP contribution in [0.4, 0.5) is 0 Å². The Morgan fingerprint density at radius 1 is 0.727 bits per heavy atom. The third-order valence-corrected chi connectivity index (χ3v) is 6.00. The quantitative estimate of drug-likeness (QED) is 0.593. The molecule has 3 aromatic carbocycles. The Kier molecular flexibility index (Phi) is 6.68. The molecule has 1 aliphatic rings. The summed E-state index contributed by atoms with van der Waals surface area (Å²) in [6.07, 6.45) is 0.701. The first-order valence-electron chi connectivity index (χ1n) is 10.9. The van der Waals surface area contributed by atoms with Crippen LogP contribution in [0.15, 0.2) is 54.6 Å². The van der Waals surface area contributed by atoms with Crippen molar-refractivity contribution in [2.75, 3.05) is 47.5 Å². The van der Waals surface area contributed by atoms with Crippen LogP contribution in [0.25, 0.3) is 10.8 Å². The number of ether oxygens (including phenoxy) is 3. The molecule has 1 fully saturated rings. The van der Waals surface area contributed by atoms with Crippen molar-refractivity contribution in [3.05, 3.63) is 65.7 Å². The van der Waals surface area contributed by atoms with Crippen LogP contribution >= 0.6 is 0 Å². The van der Waals surface area contributed by atoms with Gasteiger partial charge in [0.15, 0.2) is 11.5 Å². The zero-order chi connectivity index (χ0) is 23.4. The number of rotatable bonds is 5. The van der Waals surface area contributed by atoms with Gasteiger partial charge in [-0.1, -0.05) is 36.4 Å². The normalized spacial score (nSPS) is 14.0. The molecule has 0 aromatic heterocycles. The third-order valence-electron chi connectivity index (χ3n) is 6.00. The van der Waals surface area contributed by atoms with Gasteiger partial charge in [0.1, 0.15) is 0 Å². The molecule has 1 aliphatic heterocycles. The molecule has 7 heteroatoms. The SMILES string of the molecule is COc1cc(C(=O)N2CCCN(C(=O)c3cccc4ccccc34)CC2)cc(OC)c1OC. The molecule has 0 atom stereocenters. The van der Waals surface area contributed by atoms with Crippen molar-refractivity contribution >= 4 is 22.6 Å². The van der Waals surface area contributed by atoms with Gasteiger partial charge in [-0.15, -0.1) is 0 Å². The van der Waals surface area contributed by atoms with E-state index in [1.54, 1.807) is 17.0 Å². The van der Waals surface area contributed by atoms with Gasteiger partial charge in [-0.3, -0.25) is 9.59 Å². The summed E-state index contributed by atoms with van der Waals surface area (Å²) in [5.41, 5.74) is 1.15. The molecule has 0 spiro atoms. The minimum absolute atomic E-state index is 0.00566. The number of hydrogen-bond donors (Lipinski definition) is 0. The third kappa shape index (κ3) is 4.44. The summed E-state index contributed by atoms with van der Waals surface area (Å²) in [5.74, 6) is 1.17. The smallest absolute Gasteiger partial charge is 0.254 e. The lowest BCUT2D eigenvalue weighted by Crippen LogP contribution is -2.37. The molecule has 3 aromatic rings. The molecule has 0 aliphatic carbocycles. The number of fused-ring (bicyclic) bond motifs is 1. The number of hydrogen-bond acceptors (Lipinski definition) is 5. The Bertz CT molecular complexity index is 1150. The molecule has 33 heavy (non-hydrogen) atoms. The summed E-state index contributed by atoms with van der Waals surface area (Å²) < 4.78 is 16.1. The molecule has 0 N–H and O–H groups in total. The van der Waals surface area contributed by atoms with E-state index in [9.17, 15) is 9.59 Å². The van der Waals surface area contributed by atoms with E-state index in [4.69, 9.17) is 14.2 Å². The summed E-state index contributed by atoms with van der Waals surface area (Å²) in [7, 11) is 4.57. The Morgan fingerprint density at radius 2 is 1.33 bits per heavy atom. The van der Waals surface area contributed by atoms with Gasteiger partial charge in [-0.2, -0.15) is 0 Å². The molecule has 0 unspecified atom stereocenters. The fourth-order valence-corrected chi connectivity index (χ4v) is 4.29. The van der Waals surface area contributed by atoms with Gasteiger partial charge < -0.3 is 24.0 Å². The molecule has 1 heterocycles. The molecule has 1 saturated heterocycles. The number of amides is 2. The summed E-state index contributed by atoms with van der Waals surface area (Å²) in [6.45, 7) is 2.08. The van der Waals surface area contributed by atoms with Crippen LogP contribution < -0.4 is 14.2 Å². The highest BCUT2D eigenvalue weighted by Crippen LogP contribution is 2.38. The second-order valence-corrected chi connectivity index (χ2v) is 7.88. The Hall–Kier alpha value is -3.74. The average Bonchev–Trinajstić information content (AvgIpc) is 3.13. The first-order valence-corrected chi connectivity index (χ1v) is 10.9. The number of carbonyl (C=O) groups is 2. The molecule has 0 radical (unpaired) electrons. The zero-order valence-electron chi connectivity index (χ0n) is 19.2. The topological polar surface area (TPSA) is 68.3 Å². The van der Waals surface area contributed by atoms with Crippen molar-refractivity contribution in [2.24, 2.45) is 0 Å². The van der Waals surface area contributed by atoms with E-state index in [-0.39, 0.29) is 11.8 Å². The van der Waals surface area contributed by atoms with Crippen LogP contribution in [0.3, 0.4) is 0 Å². The van der Waals surface area contributed by atoms with E-state index in [0.29, 0.717) is 61.0 Å². The molecular formula is C26H28N2O5. The second-order valence-electron chi connectivity index (χ2n) is 7.88. The maximum absolute atomic E-state index is 13.3. The van der Waals surface area contributed by atoms with Gasteiger partial charge in [-0.25, -0.2) is 0 Å². The maximum atomic E-state index is 13.3. The molecule has 2 amide bonds. The van der Waals surface area contributed by atoms with Crippen LogP contribution in [-0.2, 0) is 0 Å². The van der Waals surface area contributed by atoms with E-state index in [2.05, 4.69) is 0 Å². The van der Waals surface area contributed by atoms with Crippen LogP contribution in [0.2, 0.25) is 0 Å². The standard InChI is InChI=1S/C26H28N2O5/c1-31-22-16-19(17-23(32-2)24(22)33-3)25(29)27-12-7-13-28(15-14-27)26(30)21-11-6-9-18-8-4-5-10-20(18)21/h4-6,8-11,16-17H,7,12-15H2,1-3H3. The Morgan fingerprint density at radius 3 is 1.97 bits per heavy atom. The van der Waals surface area contributed by atoms with Gasteiger partial charge >= 0.3 is 0 Å². The Balaban J connectivity index is 1.52. The predicted molar refractivity (Wildman–Crippen MR) is 126 cm³/mol. The molecule has 0 bridgehead atoms. The predicted octanol–water partition coefficient (Wildman–Crippen LogP) is 3.85. The van der Waals surface area contributed by atoms with E-state index >= 15 is 0 Å². The minimum atomic E-state index is -0.131. The van der Waals surface area contributed by atoms with Crippen molar-refractivity contribution in [3.8, 4) is 17.2 Å². The van der Waals surface area contributed by atoms with Crippen molar-refractivity contribution in [3.63, 3.8) is 0 Å². The van der Waals surface area contributed by atoms with Crippen molar-refractivity contribution in [1.82, 2.24) is 9.80 Å². The summed E-state index contributed by atoms with van der Waals surface area (Å²) in [4.78, 5) is 30.2. The van der Waals surface area contributed by atoms with Crippen molar-refractivity contribution < 1.29 is 23.8 Å².